The van der Waals surface area contributed by atoms with Crippen molar-refractivity contribution in [2.45, 2.75) is 18.9 Å². The third kappa shape index (κ3) is 4.42. The van der Waals surface area contributed by atoms with Gasteiger partial charge in [-0.15, -0.1) is 0 Å². The third-order valence-electron chi connectivity index (χ3n) is 3.45. The average molecular weight is 443 g/mol. The molecule has 1 atom stereocenters. The van der Waals surface area contributed by atoms with Gasteiger partial charge in [0.25, 0.3) is 5.91 Å². The number of hydrogen-bond acceptors (Lipinski definition) is 6. The SMILES string of the molecule is N#C/C(=C\c1cc(I)c(O)c([N+](=O)[O-])c1)C(=O)NC[C@@H]1CCCO1. The number of ether oxygens (including phenoxy) is 1. The van der Waals surface area contributed by atoms with E-state index in [0.717, 1.165) is 18.9 Å². The second-order valence-electron chi connectivity index (χ2n) is 5.14. The topological polar surface area (TPSA) is 125 Å². The lowest BCUT2D eigenvalue weighted by Crippen LogP contribution is -2.32. The smallest absolute Gasteiger partial charge is 0.312 e. The van der Waals surface area contributed by atoms with Crippen molar-refractivity contribution in [1.82, 2.24) is 5.32 Å². The first kappa shape index (κ1) is 18.2. The highest BCUT2D eigenvalue weighted by molar-refractivity contribution is 14.1. The number of benzene rings is 1. The van der Waals surface area contributed by atoms with Crippen molar-refractivity contribution < 1.29 is 19.6 Å². The molecule has 0 aromatic heterocycles. The third-order valence-corrected chi connectivity index (χ3v) is 4.27. The van der Waals surface area contributed by atoms with Gasteiger partial charge in [-0.25, -0.2) is 0 Å². The summed E-state index contributed by atoms with van der Waals surface area (Å²) >= 11 is 1.74. The lowest BCUT2D eigenvalue weighted by molar-refractivity contribution is -0.386. The Morgan fingerprint density at radius 1 is 1.62 bits per heavy atom. The molecule has 2 rings (SSSR count). The Labute approximate surface area is 151 Å². The maximum Gasteiger partial charge on any atom is 0.312 e. The summed E-state index contributed by atoms with van der Waals surface area (Å²) in [5, 5.41) is 32.4. The minimum Gasteiger partial charge on any atom is -0.501 e. The van der Waals surface area contributed by atoms with Crippen LogP contribution in [0.5, 0.6) is 5.75 Å². The van der Waals surface area contributed by atoms with E-state index in [9.17, 15) is 20.0 Å². The average Bonchev–Trinajstić information content (AvgIpc) is 3.06. The number of aromatic hydroxyl groups is 1. The van der Waals surface area contributed by atoms with Gasteiger partial charge in [-0.05, 0) is 53.1 Å². The number of phenolic OH excluding ortho intramolecular Hbond substituents is 1. The summed E-state index contributed by atoms with van der Waals surface area (Å²) in [6.45, 7) is 0.974. The molecule has 2 N–H and O–H groups in total. The Morgan fingerprint density at radius 3 is 2.96 bits per heavy atom. The zero-order chi connectivity index (χ0) is 17.7. The number of halogens is 1. The molecule has 0 bridgehead atoms. The summed E-state index contributed by atoms with van der Waals surface area (Å²) in [7, 11) is 0. The van der Waals surface area contributed by atoms with Crippen molar-refractivity contribution in [3.8, 4) is 11.8 Å². The number of carbonyl (C=O) groups excluding carboxylic acids is 1. The molecule has 8 nitrogen and oxygen atoms in total. The van der Waals surface area contributed by atoms with Gasteiger partial charge in [0.1, 0.15) is 11.6 Å². The molecule has 1 aliphatic heterocycles. The highest BCUT2D eigenvalue weighted by Crippen LogP contribution is 2.32. The van der Waals surface area contributed by atoms with Gasteiger partial charge in [-0.3, -0.25) is 14.9 Å². The highest BCUT2D eigenvalue weighted by atomic mass is 127. The number of amides is 1. The largest absolute Gasteiger partial charge is 0.501 e. The first-order chi connectivity index (χ1) is 11.4. The van der Waals surface area contributed by atoms with Crippen molar-refractivity contribution in [1.29, 1.82) is 5.26 Å². The monoisotopic (exact) mass is 443 g/mol. The Balaban J connectivity index is 2.18. The molecule has 1 saturated heterocycles. The normalized spacial score (nSPS) is 17.3. The van der Waals surface area contributed by atoms with E-state index < -0.39 is 22.3 Å². The van der Waals surface area contributed by atoms with Gasteiger partial charge in [0.05, 0.1) is 14.6 Å². The molecule has 0 saturated carbocycles. The summed E-state index contributed by atoms with van der Waals surface area (Å²) in [6.07, 6.45) is 3.00. The number of nitro benzene ring substituents is 1. The summed E-state index contributed by atoms with van der Waals surface area (Å²) < 4.78 is 5.64. The lowest BCUT2D eigenvalue weighted by Gasteiger charge is -2.10. The highest BCUT2D eigenvalue weighted by Gasteiger charge is 2.20. The molecule has 0 spiro atoms. The number of phenols is 1. The van der Waals surface area contributed by atoms with Crippen LogP contribution >= 0.6 is 22.6 Å². The van der Waals surface area contributed by atoms with Crippen molar-refractivity contribution in [3.63, 3.8) is 0 Å². The number of rotatable bonds is 5. The Hall–Kier alpha value is -2.19. The predicted molar refractivity (Wildman–Crippen MR) is 93.1 cm³/mol. The number of nitriles is 1. The first-order valence-corrected chi connectivity index (χ1v) is 8.18. The minimum atomic E-state index is -0.724. The minimum absolute atomic E-state index is 0.0513. The zero-order valence-corrected chi connectivity index (χ0v) is 14.6. The molecule has 1 aromatic rings. The molecular formula is C15H14IN3O5. The van der Waals surface area contributed by atoms with E-state index >= 15 is 0 Å². The number of nitrogens with zero attached hydrogens (tertiary/aromatic N) is 2. The summed E-state index contributed by atoms with van der Waals surface area (Å²) in [4.78, 5) is 22.3. The predicted octanol–water partition coefficient (Wildman–Crippen LogP) is 2.11. The zero-order valence-electron chi connectivity index (χ0n) is 12.5. The molecule has 1 fully saturated rings. The van der Waals surface area contributed by atoms with Crippen LogP contribution in [-0.4, -0.2) is 35.2 Å². The van der Waals surface area contributed by atoms with Crippen LogP contribution in [0.15, 0.2) is 17.7 Å². The number of nitro groups is 1. The number of hydrogen-bond donors (Lipinski definition) is 2. The maximum atomic E-state index is 12.1. The van der Waals surface area contributed by atoms with E-state index in [1.807, 2.05) is 0 Å². The molecule has 126 valence electrons. The van der Waals surface area contributed by atoms with Crippen LogP contribution in [0.4, 0.5) is 5.69 Å². The summed E-state index contributed by atoms with van der Waals surface area (Å²) in [6, 6.07) is 4.35. The van der Waals surface area contributed by atoms with Gasteiger partial charge < -0.3 is 15.2 Å². The lowest BCUT2D eigenvalue weighted by atomic mass is 10.1. The Kier molecular flexibility index (Phi) is 6.10. The van der Waals surface area contributed by atoms with E-state index in [-0.39, 0.29) is 20.8 Å². The van der Waals surface area contributed by atoms with Crippen molar-refractivity contribution in [2.75, 3.05) is 13.2 Å². The fourth-order valence-corrected chi connectivity index (χ4v) is 2.89. The maximum absolute atomic E-state index is 12.1. The molecule has 0 unspecified atom stereocenters. The van der Waals surface area contributed by atoms with Gasteiger partial charge in [0.2, 0.25) is 5.75 Å². The van der Waals surface area contributed by atoms with Gasteiger partial charge >= 0.3 is 5.69 Å². The van der Waals surface area contributed by atoms with Crippen LogP contribution < -0.4 is 5.32 Å². The van der Waals surface area contributed by atoms with Crippen LogP contribution in [0.3, 0.4) is 0 Å². The van der Waals surface area contributed by atoms with Gasteiger partial charge in [0.15, 0.2) is 0 Å². The van der Waals surface area contributed by atoms with Gasteiger partial charge in [0, 0.05) is 19.2 Å². The van der Waals surface area contributed by atoms with Crippen LogP contribution in [0.1, 0.15) is 18.4 Å². The summed E-state index contributed by atoms with van der Waals surface area (Å²) in [5.74, 6) is -1.02. The van der Waals surface area contributed by atoms with Crippen LogP contribution in [0.2, 0.25) is 0 Å². The summed E-state index contributed by atoms with van der Waals surface area (Å²) in [5.41, 5.74) is -0.373. The van der Waals surface area contributed by atoms with Crippen molar-refractivity contribution >= 4 is 40.3 Å². The van der Waals surface area contributed by atoms with Crippen LogP contribution in [-0.2, 0) is 9.53 Å². The molecule has 1 heterocycles. The van der Waals surface area contributed by atoms with Gasteiger partial charge in [-0.1, -0.05) is 0 Å². The second kappa shape index (κ2) is 8.07. The quantitative estimate of drug-likeness (QED) is 0.236. The fraction of sp³-hybridized carbons (Fsp3) is 0.333. The van der Waals surface area contributed by atoms with E-state index in [1.165, 1.54) is 12.1 Å². The molecule has 24 heavy (non-hydrogen) atoms. The van der Waals surface area contributed by atoms with E-state index in [1.54, 1.807) is 28.7 Å². The molecule has 9 heteroatoms. The molecule has 1 amide bonds. The van der Waals surface area contributed by atoms with E-state index in [0.29, 0.717) is 13.2 Å². The van der Waals surface area contributed by atoms with Crippen molar-refractivity contribution in [2.24, 2.45) is 0 Å². The first-order valence-electron chi connectivity index (χ1n) is 7.11. The molecule has 1 aliphatic rings. The number of carbonyl (C=O) groups is 1. The standard InChI is InChI=1S/C15H14IN3O5/c16-12-5-9(6-13(14(12)20)19(22)23)4-10(7-17)15(21)18-8-11-2-1-3-24-11/h4-6,11,20H,1-3,8H2,(H,18,21)/b10-4+/t11-/m0/s1. The van der Waals surface area contributed by atoms with Crippen LogP contribution in [0.25, 0.3) is 6.08 Å². The molecule has 1 aromatic carbocycles. The number of nitrogens with one attached hydrogen (secondary N) is 1. The van der Waals surface area contributed by atoms with E-state index in [4.69, 9.17) is 10.00 Å². The fourth-order valence-electron chi connectivity index (χ4n) is 2.25. The van der Waals surface area contributed by atoms with E-state index in [2.05, 4.69) is 5.32 Å². The molecular weight excluding hydrogens is 429 g/mol. The molecule has 0 aliphatic carbocycles. The van der Waals surface area contributed by atoms with Crippen molar-refractivity contribution in [3.05, 3.63) is 37.0 Å². The Bertz CT molecular complexity index is 735. The second-order valence-corrected chi connectivity index (χ2v) is 6.30. The Morgan fingerprint density at radius 2 is 2.38 bits per heavy atom. The van der Waals surface area contributed by atoms with Crippen LogP contribution in [0, 0.1) is 25.0 Å². The molecule has 0 radical (unpaired) electrons. The van der Waals surface area contributed by atoms with Gasteiger partial charge in [-0.2, -0.15) is 5.26 Å².